The fourth-order valence-corrected chi connectivity index (χ4v) is 1.80. The van der Waals surface area contributed by atoms with Crippen LogP contribution in [-0.4, -0.2) is 28.9 Å². The third-order valence-corrected chi connectivity index (χ3v) is 2.89. The van der Waals surface area contributed by atoms with Crippen molar-refractivity contribution in [2.45, 2.75) is 26.8 Å². The molecule has 1 unspecified atom stereocenters. The molecule has 0 aliphatic rings. The van der Waals surface area contributed by atoms with Crippen molar-refractivity contribution in [2.24, 2.45) is 5.92 Å². The van der Waals surface area contributed by atoms with Crippen molar-refractivity contribution in [3.05, 3.63) is 41.6 Å². The SMILES string of the molecule is CC(=O)NC(=Cc1ccccc1)C(=O)NC(C(=O)O)C(C)C. The fraction of sp³-hybridized carbons (Fsp3) is 0.312. The quantitative estimate of drug-likeness (QED) is 0.692. The first-order chi connectivity index (χ1) is 10.3. The van der Waals surface area contributed by atoms with Crippen LogP contribution in [0.15, 0.2) is 36.0 Å². The van der Waals surface area contributed by atoms with Crippen LogP contribution in [0.5, 0.6) is 0 Å². The van der Waals surface area contributed by atoms with E-state index in [9.17, 15) is 14.4 Å². The lowest BCUT2D eigenvalue weighted by molar-refractivity contribution is -0.142. The zero-order valence-electron chi connectivity index (χ0n) is 12.8. The van der Waals surface area contributed by atoms with Crippen LogP contribution in [0.2, 0.25) is 0 Å². The van der Waals surface area contributed by atoms with E-state index in [4.69, 9.17) is 5.11 Å². The van der Waals surface area contributed by atoms with Gasteiger partial charge < -0.3 is 15.7 Å². The van der Waals surface area contributed by atoms with Gasteiger partial charge in [-0.1, -0.05) is 44.2 Å². The molecule has 0 aromatic heterocycles. The van der Waals surface area contributed by atoms with Gasteiger partial charge in [-0.15, -0.1) is 0 Å². The Morgan fingerprint density at radius 1 is 1.14 bits per heavy atom. The topological polar surface area (TPSA) is 95.5 Å². The van der Waals surface area contributed by atoms with Gasteiger partial charge in [-0.2, -0.15) is 0 Å². The van der Waals surface area contributed by atoms with E-state index in [1.54, 1.807) is 38.1 Å². The van der Waals surface area contributed by atoms with E-state index in [-0.39, 0.29) is 11.6 Å². The predicted octanol–water partition coefficient (Wildman–Crippen LogP) is 1.39. The Hall–Kier alpha value is -2.63. The second kappa shape index (κ2) is 7.97. The molecule has 1 atom stereocenters. The highest BCUT2D eigenvalue weighted by Crippen LogP contribution is 2.07. The number of benzene rings is 1. The highest BCUT2D eigenvalue weighted by molar-refractivity contribution is 6.02. The summed E-state index contributed by atoms with van der Waals surface area (Å²) in [4.78, 5) is 34.7. The fourth-order valence-electron chi connectivity index (χ4n) is 1.80. The van der Waals surface area contributed by atoms with Gasteiger partial charge in [0.05, 0.1) is 0 Å². The third-order valence-electron chi connectivity index (χ3n) is 2.89. The molecule has 0 radical (unpaired) electrons. The van der Waals surface area contributed by atoms with Gasteiger partial charge >= 0.3 is 5.97 Å². The molecule has 0 saturated heterocycles. The molecule has 0 aliphatic carbocycles. The Labute approximate surface area is 129 Å². The first kappa shape index (κ1) is 17.4. The number of carboxylic acid groups (broad SMARTS) is 1. The number of rotatable bonds is 6. The van der Waals surface area contributed by atoms with Crippen molar-refractivity contribution in [1.29, 1.82) is 0 Å². The summed E-state index contributed by atoms with van der Waals surface area (Å²) in [5.41, 5.74) is 0.725. The molecule has 0 saturated carbocycles. The Balaban J connectivity index is 3.01. The molecular formula is C16H20N2O4. The average Bonchev–Trinajstić information content (AvgIpc) is 2.43. The molecule has 3 N–H and O–H groups in total. The number of hydrogen-bond acceptors (Lipinski definition) is 3. The van der Waals surface area contributed by atoms with E-state index >= 15 is 0 Å². The predicted molar refractivity (Wildman–Crippen MR) is 82.6 cm³/mol. The monoisotopic (exact) mass is 304 g/mol. The molecule has 0 bridgehead atoms. The van der Waals surface area contributed by atoms with Gasteiger partial charge in [0.15, 0.2) is 0 Å². The van der Waals surface area contributed by atoms with Crippen LogP contribution in [0.4, 0.5) is 0 Å². The molecule has 6 nitrogen and oxygen atoms in total. The number of carbonyl (C=O) groups excluding carboxylic acids is 2. The molecule has 1 aromatic carbocycles. The van der Waals surface area contributed by atoms with Gasteiger partial charge in [-0.25, -0.2) is 4.79 Å². The number of carbonyl (C=O) groups is 3. The molecule has 0 fully saturated rings. The van der Waals surface area contributed by atoms with E-state index in [0.29, 0.717) is 0 Å². The summed E-state index contributed by atoms with van der Waals surface area (Å²) in [6.07, 6.45) is 1.50. The second-order valence-corrected chi connectivity index (χ2v) is 5.18. The van der Waals surface area contributed by atoms with Crippen LogP contribution in [0.3, 0.4) is 0 Å². The Bertz CT molecular complexity index is 579. The van der Waals surface area contributed by atoms with E-state index in [2.05, 4.69) is 10.6 Å². The van der Waals surface area contributed by atoms with E-state index < -0.39 is 23.8 Å². The normalized spacial score (nSPS) is 12.6. The van der Waals surface area contributed by atoms with Gasteiger partial charge in [0.1, 0.15) is 11.7 Å². The second-order valence-electron chi connectivity index (χ2n) is 5.18. The van der Waals surface area contributed by atoms with Crippen molar-refractivity contribution in [3.8, 4) is 0 Å². The zero-order valence-corrected chi connectivity index (χ0v) is 12.8. The standard InChI is InChI=1S/C16H20N2O4/c1-10(2)14(16(21)22)18-15(20)13(17-11(3)19)9-12-7-5-4-6-8-12/h4-10,14H,1-3H3,(H,17,19)(H,18,20)(H,21,22). The minimum absolute atomic E-state index is 0.00519. The van der Waals surface area contributed by atoms with Gasteiger partial charge in [0.25, 0.3) is 5.91 Å². The number of nitrogens with one attached hydrogen (secondary N) is 2. The lowest BCUT2D eigenvalue weighted by Crippen LogP contribution is -2.46. The van der Waals surface area contributed by atoms with Crippen LogP contribution in [0, 0.1) is 5.92 Å². The van der Waals surface area contributed by atoms with Gasteiger partial charge in [-0.05, 0) is 17.6 Å². The maximum Gasteiger partial charge on any atom is 0.326 e. The van der Waals surface area contributed by atoms with Crippen LogP contribution in [0.1, 0.15) is 26.3 Å². The largest absolute Gasteiger partial charge is 0.480 e. The number of hydrogen-bond donors (Lipinski definition) is 3. The van der Waals surface area contributed by atoms with Crippen molar-refractivity contribution < 1.29 is 19.5 Å². The Kier molecular flexibility index (Phi) is 6.31. The van der Waals surface area contributed by atoms with Crippen LogP contribution >= 0.6 is 0 Å². The van der Waals surface area contributed by atoms with E-state index in [0.717, 1.165) is 5.56 Å². The van der Waals surface area contributed by atoms with Crippen LogP contribution in [0.25, 0.3) is 6.08 Å². The summed E-state index contributed by atoms with van der Waals surface area (Å²) in [6, 6.07) is 7.93. The molecule has 22 heavy (non-hydrogen) atoms. The maximum absolute atomic E-state index is 12.2. The van der Waals surface area contributed by atoms with E-state index in [1.165, 1.54) is 13.0 Å². The van der Waals surface area contributed by atoms with Crippen LogP contribution < -0.4 is 10.6 Å². The van der Waals surface area contributed by atoms with Gasteiger partial charge in [0, 0.05) is 6.92 Å². The molecule has 1 aromatic rings. The van der Waals surface area contributed by atoms with Crippen LogP contribution in [-0.2, 0) is 14.4 Å². The first-order valence-electron chi connectivity index (χ1n) is 6.89. The lowest BCUT2D eigenvalue weighted by Gasteiger charge is -2.19. The lowest BCUT2D eigenvalue weighted by atomic mass is 10.0. The van der Waals surface area contributed by atoms with Gasteiger partial charge in [-0.3, -0.25) is 9.59 Å². The number of aliphatic carboxylic acids is 1. The first-order valence-corrected chi connectivity index (χ1v) is 6.89. The van der Waals surface area contributed by atoms with Crippen molar-refractivity contribution >= 4 is 23.9 Å². The van der Waals surface area contributed by atoms with E-state index in [1.807, 2.05) is 6.07 Å². The minimum Gasteiger partial charge on any atom is -0.480 e. The molecule has 2 amide bonds. The minimum atomic E-state index is -1.12. The Morgan fingerprint density at radius 3 is 2.18 bits per heavy atom. The van der Waals surface area contributed by atoms with Crippen molar-refractivity contribution in [1.82, 2.24) is 10.6 Å². The molecular weight excluding hydrogens is 284 g/mol. The highest BCUT2D eigenvalue weighted by Gasteiger charge is 2.25. The summed E-state index contributed by atoms with van der Waals surface area (Å²) >= 11 is 0. The summed E-state index contributed by atoms with van der Waals surface area (Å²) in [5, 5.41) is 14.0. The molecule has 118 valence electrons. The number of amides is 2. The summed E-state index contributed by atoms with van der Waals surface area (Å²) in [6.45, 7) is 4.67. The molecule has 6 heteroatoms. The smallest absolute Gasteiger partial charge is 0.326 e. The number of carboxylic acids is 1. The molecule has 0 spiro atoms. The Morgan fingerprint density at radius 2 is 1.73 bits per heavy atom. The maximum atomic E-state index is 12.2. The average molecular weight is 304 g/mol. The van der Waals surface area contributed by atoms with Crippen molar-refractivity contribution in [3.63, 3.8) is 0 Å². The molecule has 0 heterocycles. The molecule has 1 rings (SSSR count). The summed E-state index contributed by atoms with van der Waals surface area (Å²) in [7, 11) is 0. The third kappa shape index (κ3) is 5.40. The zero-order chi connectivity index (χ0) is 16.7. The summed E-state index contributed by atoms with van der Waals surface area (Å²) < 4.78 is 0. The van der Waals surface area contributed by atoms with Crippen molar-refractivity contribution in [2.75, 3.05) is 0 Å². The highest BCUT2D eigenvalue weighted by atomic mass is 16.4. The molecule has 0 aliphatic heterocycles. The van der Waals surface area contributed by atoms with Gasteiger partial charge in [0.2, 0.25) is 5.91 Å². The summed E-state index contributed by atoms with van der Waals surface area (Å²) in [5.74, 6) is -2.45.